The van der Waals surface area contributed by atoms with Crippen LogP contribution in [0.25, 0.3) is 0 Å². The van der Waals surface area contributed by atoms with E-state index in [-0.39, 0.29) is 5.91 Å². The van der Waals surface area contributed by atoms with Crippen LogP contribution in [0, 0.1) is 5.92 Å². The van der Waals surface area contributed by atoms with Gasteiger partial charge in [0, 0.05) is 17.9 Å². The summed E-state index contributed by atoms with van der Waals surface area (Å²) in [5, 5.41) is 12.9. The molecule has 1 amide bonds. The summed E-state index contributed by atoms with van der Waals surface area (Å²) in [5.74, 6) is 0.615. The molecule has 4 heteroatoms. The number of aliphatic hydroxyl groups excluding tert-OH is 1. The minimum Gasteiger partial charge on any atom is -0.387 e. The van der Waals surface area contributed by atoms with Gasteiger partial charge in [-0.15, -0.1) is 11.8 Å². The summed E-state index contributed by atoms with van der Waals surface area (Å²) in [7, 11) is 0. The third-order valence-electron chi connectivity index (χ3n) is 3.94. The minimum absolute atomic E-state index is 0.0664. The highest BCUT2D eigenvalue weighted by Crippen LogP contribution is 2.27. The van der Waals surface area contributed by atoms with Gasteiger partial charge in [-0.1, -0.05) is 25.0 Å². The maximum absolute atomic E-state index is 11.8. The van der Waals surface area contributed by atoms with E-state index in [2.05, 4.69) is 5.32 Å². The lowest BCUT2D eigenvalue weighted by Gasteiger charge is -2.14. The van der Waals surface area contributed by atoms with Crippen LogP contribution >= 0.6 is 11.8 Å². The molecule has 1 aliphatic carbocycles. The van der Waals surface area contributed by atoms with Gasteiger partial charge in [-0.05, 0) is 42.7 Å². The zero-order chi connectivity index (χ0) is 14.4. The number of rotatable bonds is 6. The Kier molecular flexibility index (Phi) is 5.92. The van der Waals surface area contributed by atoms with Gasteiger partial charge in [-0.25, -0.2) is 0 Å². The Morgan fingerprint density at radius 1 is 1.35 bits per heavy atom. The van der Waals surface area contributed by atoms with Gasteiger partial charge < -0.3 is 10.4 Å². The first-order valence-electron chi connectivity index (χ1n) is 7.27. The second-order valence-corrected chi connectivity index (χ2v) is 6.33. The lowest BCUT2D eigenvalue weighted by atomic mass is 10.0. The average molecular weight is 293 g/mol. The monoisotopic (exact) mass is 293 g/mol. The molecule has 0 heterocycles. The zero-order valence-corrected chi connectivity index (χ0v) is 12.8. The molecule has 2 N–H and O–H groups in total. The number of carbonyl (C=O) groups is 1. The van der Waals surface area contributed by atoms with Crippen molar-refractivity contribution in [3.63, 3.8) is 0 Å². The maximum Gasteiger partial charge on any atom is 0.220 e. The second kappa shape index (κ2) is 7.70. The van der Waals surface area contributed by atoms with Crippen LogP contribution < -0.4 is 5.32 Å². The Morgan fingerprint density at radius 2 is 2.00 bits per heavy atom. The summed E-state index contributed by atoms with van der Waals surface area (Å²) in [6, 6.07) is 7.81. The van der Waals surface area contributed by atoms with Crippen molar-refractivity contribution in [2.45, 2.75) is 43.1 Å². The topological polar surface area (TPSA) is 49.3 Å². The largest absolute Gasteiger partial charge is 0.387 e. The molecule has 1 unspecified atom stereocenters. The Morgan fingerprint density at radius 3 is 2.60 bits per heavy atom. The van der Waals surface area contributed by atoms with E-state index in [9.17, 15) is 9.90 Å². The van der Waals surface area contributed by atoms with Crippen LogP contribution in [0.3, 0.4) is 0 Å². The van der Waals surface area contributed by atoms with Gasteiger partial charge in [0.2, 0.25) is 5.91 Å². The van der Waals surface area contributed by atoms with Crippen molar-refractivity contribution in [1.82, 2.24) is 5.32 Å². The van der Waals surface area contributed by atoms with Gasteiger partial charge >= 0.3 is 0 Å². The number of thioether (sulfide) groups is 1. The zero-order valence-electron chi connectivity index (χ0n) is 12.0. The third kappa shape index (κ3) is 4.53. The number of benzene rings is 1. The first-order valence-corrected chi connectivity index (χ1v) is 8.50. The summed E-state index contributed by atoms with van der Waals surface area (Å²) in [6.45, 7) is 0.296. The number of amides is 1. The van der Waals surface area contributed by atoms with E-state index >= 15 is 0 Å². The Bertz CT molecular complexity index is 427. The molecule has 0 radical (unpaired) electrons. The molecule has 0 aliphatic heterocycles. The second-order valence-electron chi connectivity index (χ2n) is 5.45. The smallest absolute Gasteiger partial charge is 0.220 e. The number of hydrogen-bond acceptors (Lipinski definition) is 3. The first kappa shape index (κ1) is 15.4. The predicted molar refractivity (Wildman–Crippen MR) is 82.8 cm³/mol. The predicted octanol–water partition coefficient (Wildman–Crippen LogP) is 3.14. The molecule has 1 saturated carbocycles. The summed E-state index contributed by atoms with van der Waals surface area (Å²) >= 11 is 1.67. The van der Waals surface area contributed by atoms with Crippen LogP contribution in [-0.2, 0) is 4.79 Å². The van der Waals surface area contributed by atoms with Gasteiger partial charge in [0.25, 0.3) is 0 Å². The van der Waals surface area contributed by atoms with Gasteiger partial charge in [-0.3, -0.25) is 4.79 Å². The van der Waals surface area contributed by atoms with Crippen molar-refractivity contribution in [3.8, 4) is 0 Å². The van der Waals surface area contributed by atoms with Gasteiger partial charge in [-0.2, -0.15) is 0 Å². The highest BCUT2D eigenvalue weighted by Gasteiger charge is 2.18. The van der Waals surface area contributed by atoms with E-state index in [0.717, 1.165) is 5.56 Å². The number of nitrogens with one attached hydrogen (secondary N) is 1. The molecule has 1 aliphatic rings. The molecule has 2 rings (SSSR count). The summed E-state index contributed by atoms with van der Waals surface area (Å²) in [4.78, 5) is 13.0. The summed E-state index contributed by atoms with van der Waals surface area (Å²) < 4.78 is 0. The van der Waals surface area contributed by atoms with Crippen molar-refractivity contribution in [1.29, 1.82) is 0 Å². The summed E-state index contributed by atoms with van der Waals surface area (Å²) in [6.07, 6.45) is 6.86. The fraction of sp³-hybridized carbons (Fsp3) is 0.562. The van der Waals surface area contributed by atoms with E-state index in [4.69, 9.17) is 0 Å². The lowest BCUT2D eigenvalue weighted by molar-refractivity contribution is -0.122. The molecule has 1 aromatic carbocycles. The van der Waals surface area contributed by atoms with E-state index in [0.29, 0.717) is 18.9 Å². The van der Waals surface area contributed by atoms with Crippen molar-refractivity contribution in [2.24, 2.45) is 5.92 Å². The van der Waals surface area contributed by atoms with Crippen molar-refractivity contribution < 1.29 is 9.90 Å². The SMILES string of the molecule is CSc1ccc(C(O)CNC(=O)CC2CCCC2)cc1. The molecule has 1 atom stereocenters. The molecule has 20 heavy (non-hydrogen) atoms. The van der Waals surface area contributed by atoms with E-state index in [1.165, 1.54) is 30.6 Å². The van der Waals surface area contributed by atoms with Crippen LogP contribution in [0.1, 0.15) is 43.8 Å². The van der Waals surface area contributed by atoms with Crippen LogP contribution in [0.5, 0.6) is 0 Å². The molecule has 0 aromatic heterocycles. The fourth-order valence-electron chi connectivity index (χ4n) is 2.70. The molecule has 3 nitrogen and oxygen atoms in total. The standard InChI is InChI=1S/C16H23NO2S/c1-20-14-8-6-13(7-9-14)15(18)11-17-16(19)10-12-4-2-3-5-12/h6-9,12,15,18H,2-5,10-11H2,1H3,(H,17,19). The Labute approximate surface area is 125 Å². The number of carbonyl (C=O) groups excluding carboxylic acids is 1. The Balaban J connectivity index is 1.75. The first-order chi connectivity index (χ1) is 9.69. The van der Waals surface area contributed by atoms with Crippen molar-refractivity contribution in [3.05, 3.63) is 29.8 Å². The van der Waals surface area contributed by atoms with E-state index in [1.807, 2.05) is 30.5 Å². The molecule has 0 bridgehead atoms. The molecule has 1 fully saturated rings. The molecule has 0 saturated heterocycles. The highest BCUT2D eigenvalue weighted by molar-refractivity contribution is 7.98. The normalized spacial score (nSPS) is 17.1. The molecular formula is C16H23NO2S. The van der Waals surface area contributed by atoms with Crippen molar-refractivity contribution >= 4 is 17.7 Å². The van der Waals surface area contributed by atoms with Gasteiger partial charge in [0.15, 0.2) is 0 Å². The molecular weight excluding hydrogens is 270 g/mol. The molecule has 110 valence electrons. The third-order valence-corrected chi connectivity index (χ3v) is 4.69. The van der Waals surface area contributed by atoms with E-state index in [1.54, 1.807) is 11.8 Å². The highest BCUT2D eigenvalue weighted by atomic mass is 32.2. The number of hydrogen-bond donors (Lipinski definition) is 2. The number of aliphatic hydroxyl groups is 1. The maximum atomic E-state index is 11.8. The molecule has 1 aromatic rings. The van der Waals surface area contributed by atoms with Gasteiger partial charge in [0.1, 0.15) is 0 Å². The minimum atomic E-state index is -0.626. The quantitative estimate of drug-likeness (QED) is 0.792. The van der Waals surface area contributed by atoms with Crippen LogP contribution in [0.2, 0.25) is 0 Å². The van der Waals surface area contributed by atoms with Crippen LogP contribution in [-0.4, -0.2) is 23.8 Å². The fourth-order valence-corrected chi connectivity index (χ4v) is 3.11. The Hall–Kier alpha value is -1.00. The van der Waals surface area contributed by atoms with Crippen LogP contribution in [0.4, 0.5) is 0 Å². The molecule has 0 spiro atoms. The van der Waals surface area contributed by atoms with Crippen molar-refractivity contribution in [2.75, 3.05) is 12.8 Å². The summed E-state index contributed by atoms with van der Waals surface area (Å²) in [5.41, 5.74) is 0.851. The average Bonchev–Trinajstić information content (AvgIpc) is 2.97. The van der Waals surface area contributed by atoms with Crippen LogP contribution in [0.15, 0.2) is 29.2 Å². The lowest BCUT2D eigenvalue weighted by Crippen LogP contribution is -2.29. The van der Waals surface area contributed by atoms with Gasteiger partial charge in [0.05, 0.1) is 6.10 Å². The van der Waals surface area contributed by atoms with E-state index < -0.39 is 6.10 Å².